The molecular formula is C23H23N3O2S. The highest BCUT2D eigenvalue weighted by molar-refractivity contribution is 7.80. The van der Waals surface area contributed by atoms with Gasteiger partial charge in [0, 0.05) is 25.2 Å². The van der Waals surface area contributed by atoms with E-state index in [2.05, 4.69) is 5.32 Å². The molecule has 29 heavy (non-hydrogen) atoms. The first kappa shape index (κ1) is 20.4. The molecule has 0 heterocycles. The number of nitrogens with zero attached hydrogens (tertiary/aromatic N) is 1. The number of amides is 1. The maximum absolute atomic E-state index is 11.2. The second-order valence-electron chi connectivity index (χ2n) is 6.49. The lowest BCUT2D eigenvalue weighted by Crippen LogP contribution is -2.36. The molecule has 148 valence electrons. The number of hydrogen-bond donors (Lipinski definition) is 2. The van der Waals surface area contributed by atoms with Gasteiger partial charge in [-0.25, -0.2) is 0 Å². The number of hydrogen-bond acceptors (Lipinski definition) is 3. The number of anilines is 1. The molecule has 0 aliphatic heterocycles. The van der Waals surface area contributed by atoms with E-state index in [0.717, 1.165) is 22.7 Å². The first-order chi connectivity index (χ1) is 14.1. The molecule has 3 aromatic rings. The Hall–Kier alpha value is -3.38. The topological polar surface area (TPSA) is 67.6 Å². The summed E-state index contributed by atoms with van der Waals surface area (Å²) >= 11 is 5.58. The molecule has 0 bridgehead atoms. The average Bonchev–Trinajstić information content (AvgIpc) is 2.74. The number of primary amides is 1. The molecule has 0 saturated carbocycles. The molecule has 5 nitrogen and oxygen atoms in total. The molecule has 0 fully saturated rings. The Balaban J connectivity index is 1.63. The van der Waals surface area contributed by atoms with Crippen LogP contribution in [0, 0.1) is 0 Å². The first-order valence-electron chi connectivity index (χ1n) is 9.31. The number of nitrogens with one attached hydrogen (secondary N) is 1. The molecule has 0 radical (unpaired) electrons. The van der Waals surface area contributed by atoms with E-state index in [-0.39, 0.29) is 12.3 Å². The number of nitrogens with two attached hydrogens (primary N) is 1. The second-order valence-corrected chi connectivity index (χ2v) is 6.88. The van der Waals surface area contributed by atoms with Crippen LogP contribution < -0.4 is 15.8 Å². The van der Waals surface area contributed by atoms with E-state index < -0.39 is 0 Å². The minimum atomic E-state index is -0.353. The fourth-order valence-corrected chi connectivity index (χ4v) is 3.01. The van der Waals surface area contributed by atoms with Gasteiger partial charge in [0.15, 0.2) is 5.11 Å². The zero-order valence-electron chi connectivity index (χ0n) is 16.0. The number of rotatable bonds is 8. The van der Waals surface area contributed by atoms with Gasteiger partial charge in [-0.15, -0.1) is 0 Å². The van der Waals surface area contributed by atoms with Crippen LogP contribution in [0.3, 0.4) is 0 Å². The molecule has 1 amide bonds. The van der Waals surface area contributed by atoms with Crippen molar-refractivity contribution >= 4 is 28.9 Å². The fraction of sp³-hybridized carbons (Fsp3) is 0.130. The van der Waals surface area contributed by atoms with Crippen LogP contribution in [0.5, 0.6) is 11.5 Å². The van der Waals surface area contributed by atoms with Crippen LogP contribution in [0.25, 0.3) is 0 Å². The van der Waals surface area contributed by atoms with E-state index in [1.807, 2.05) is 89.8 Å². The highest BCUT2D eigenvalue weighted by Crippen LogP contribution is 2.23. The summed E-state index contributed by atoms with van der Waals surface area (Å²) in [6.45, 7) is 1.04. The van der Waals surface area contributed by atoms with Crippen molar-refractivity contribution in [2.75, 3.05) is 11.9 Å². The van der Waals surface area contributed by atoms with Gasteiger partial charge < -0.3 is 20.7 Å². The number of ether oxygens (including phenoxy) is 1. The van der Waals surface area contributed by atoms with Crippen LogP contribution in [-0.4, -0.2) is 22.5 Å². The van der Waals surface area contributed by atoms with Crippen LogP contribution >= 0.6 is 12.2 Å². The summed E-state index contributed by atoms with van der Waals surface area (Å²) in [7, 11) is 0. The van der Waals surface area contributed by atoms with Crippen LogP contribution in [-0.2, 0) is 11.3 Å². The van der Waals surface area contributed by atoms with Crippen molar-refractivity contribution in [3.63, 3.8) is 0 Å². The molecule has 0 aromatic heterocycles. The molecule has 0 spiro atoms. The predicted octanol–water partition coefficient (Wildman–Crippen LogP) is 4.55. The van der Waals surface area contributed by atoms with Crippen molar-refractivity contribution in [3.8, 4) is 11.5 Å². The Kier molecular flexibility index (Phi) is 7.19. The van der Waals surface area contributed by atoms with E-state index in [9.17, 15) is 4.79 Å². The van der Waals surface area contributed by atoms with Gasteiger partial charge in [0.25, 0.3) is 0 Å². The molecule has 0 aliphatic carbocycles. The van der Waals surface area contributed by atoms with Gasteiger partial charge in [-0.3, -0.25) is 4.79 Å². The quantitative estimate of drug-likeness (QED) is 0.538. The lowest BCUT2D eigenvalue weighted by Gasteiger charge is -2.25. The van der Waals surface area contributed by atoms with Gasteiger partial charge >= 0.3 is 0 Å². The maximum atomic E-state index is 11.2. The third-order valence-corrected chi connectivity index (χ3v) is 4.58. The summed E-state index contributed by atoms with van der Waals surface area (Å²) < 4.78 is 5.81. The average molecular weight is 406 g/mol. The lowest BCUT2D eigenvalue weighted by molar-refractivity contribution is -0.118. The highest BCUT2D eigenvalue weighted by Gasteiger charge is 2.12. The standard InChI is InChI=1S/C23H23N3O2S/c24-22(27)15-16-26(17-18-7-3-1-4-8-18)23(29)25-19-11-13-21(14-12-19)28-20-9-5-2-6-10-20/h1-14H,15-17H2,(H2,24,27)(H,25,29). The van der Waals surface area contributed by atoms with Gasteiger partial charge in [0.05, 0.1) is 0 Å². The zero-order chi connectivity index (χ0) is 20.5. The Morgan fingerprint density at radius 3 is 2.10 bits per heavy atom. The minimum absolute atomic E-state index is 0.235. The fourth-order valence-electron chi connectivity index (χ4n) is 2.73. The summed E-state index contributed by atoms with van der Waals surface area (Å²) in [5.41, 5.74) is 7.27. The Bertz CT molecular complexity index is 931. The van der Waals surface area contributed by atoms with E-state index in [1.54, 1.807) is 0 Å². The molecule has 6 heteroatoms. The molecule has 0 aliphatic rings. The Morgan fingerprint density at radius 1 is 0.897 bits per heavy atom. The number of benzene rings is 3. The third kappa shape index (κ3) is 6.62. The van der Waals surface area contributed by atoms with Crippen LogP contribution in [0.4, 0.5) is 5.69 Å². The Labute approximate surface area is 176 Å². The SMILES string of the molecule is NC(=O)CCN(Cc1ccccc1)C(=S)Nc1ccc(Oc2ccccc2)cc1. The van der Waals surface area contributed by atoms with E-state index in [0.29, 0.717) is 18.2 Å². The lowest BCUT2D eigenvalue weighted by atomic mass is 10.2. The normalized spacial score (nSPS) is 10.2. The van der Waals surface area contributed by atoms with Crippen molar-refractivity contribution in [1.82, 2.24) is 4.90 Å². The van der Waals surface area contributed by atoms with E-state index >= 15 is 0 Å². The monoisotopic (exact) mass is 405 g/mol. The highest BCUT2D eigenvalue weighted by atomic mass is 32.1. The van der Waals surface area contributed by atoms with Crippen molar-refractivity contribution in [2.24, 2.45) is 5.73 Å². The summed E-state index contributed by atoms with van der Waals surface area (Å²) in [6, 6.07) is 27.1. The van der Waals surface area contributed by atoms with Crippen LogP contribution in [0.1, 0.15) is 12.0 Å². The summed E-state index contributed by atoms with van der Waals surface area (Å²) in [6.07, 6.45) is 0.235. The molecular weight excluding hydrogens is 382 g/mol. The number of thiocarbonyl (C=S) groups is 1. The molecule has 3 aromatic carbocycles. The van der Waals surface area contributed by atoms with Gasteiger partial charge in [0.1, 0.15) is 11.5 Å². The van der Waals surface area contributed by atoms with Crippen molar-refractivity contribution in [1.29, 1.82) is 0 Å². The summed E-state index contributed by atoms with van der Waals surface area (Å²) in [5, 5.41) is 3.76. The van der Waals surface area contributed by atoms with Gasteiger partial charge in [0.2, 0.25) is 5.91 Å². The van der Waals surface area contributed by atoms with Gasteiger partial charge in [-0.1, -0.05) is 48.5 Å². The molecule has 0 unspecified atom stereocenters. The van der Waals surface area contributed by atoms with E-state index in [4.69, 9.17) is 22.7 Å². The molecule has 3 rings (SSSR count). The maximum Gasteiger partial charge on any atom is 0.219 e. The van der Waals surface area contributed by atoms with Gasteiger partial charge in [-0.2, -0.15) is 0 Å². The van der Waals surface area contributed by atoms with Crippen molar-refractivity contribution < 1.29 is 9.53 Å². The predicted molar refractivity (Wildman–Crippen MR) is 120 cm³/mol. The summed E-state index contributed by atoms with van der Waals surface area (Å²) in [4.78, 5) is 13.2. The molecule has 0 atom stereocenters. The minimum Gasteiger partial charge on any atom is -0.457 e. The first-order valence-corrected chi connectivity index (χ1v) is 9.72. The Morgan fingerprint density at radius 2 is 1.48 bits per heavy atom. The third-order valence-electron chi connectivity index (χ3n) is 4.22. The number of para-hydroxylation sites is 1. The largest absolute Gasteiger partial charge is 0.457 e. The van der Waals surface area contributed by atoms with E-state index in [1.165, 1.54) is 0 Å². The van der Waals surface area contributed by atoms with Crippen molar-refractivity contribution in [2.45, 2.75) is 13.0 Å². The smallest absolute Gasteiger partial charge is 0.219 e. The zero-order valence-corrected chi connectivity index (χ0v) is 16.8. The second kappa shape index (κ2) is 10.2. The summed E-state index contributed by atoms with van der Waals surface area (Å²) in [5.74, 6) is 1.17. The van der Waals surface area contributed by atoms with Crippen LogP contribution in [0.2, 0.25) is 0 Å². The number of carbonyl (C=O) groups is 1. The van der Waals surface area contributed by atoms with Crippen LogP contribution in [0.15, 0.2) is 84.9 Å². The molecule has 3 N–H and O–H groups in total. The van der Waals surface area contributed by atoms with Gasteiger partial charge in [-0.05, 0) is 54.2 Å². The van der Waals surface area contributed by atoms with Crippen molar-refractivity contribution in [3.05, 3.63) is 90.5 Å². The number of carbonyl (C=O) groups excluding carboxylic acids is 1. The molecule has 0 saturated heterocycles.